The van der Waals surface area contributed by atoms with E-state index in [9.17, 15) is 0 Å². The number of nitrogen functional groups attached to an aromatic ring is 1. The molecule has 0 heterocycles. The van der Waals surface area contributed by atoms with Crippen LogP contribution in [0.4, 0.5) is 11.4 Å². The van der Waals surface area contributed by atoms with Crippen molar-refractivity contribution in [2.24, 2.45) is 0 Å². The molecule has 0 amide bonds. The topological polar surface area (TPSA) is 29.3 Å². The number of fused-ring (bicyclic) bond motifs is 2. The second kappa shape index (κ2) is 5.04. The fourth-order valence-electron chi connectivity index (χ4n) is 2.79. The minimum atomic E-state index is 0.816. The molecule has 0 aliphatic heterocycles. The third kappa shape index (κ3) is 2.18. The molecule has 0 aliphatic carbocycles. The van der Waals surface area contributed by atoms with Crippen LogP contribution < -0.4 is 10.6 Å². The molecular weight excluding hydrogens is 244 g/mol. The van der Waals surface area contributed by atoms with Crippen LogP contribution in [-0.2, 0) is 0 Å². The number of hydrogen-bond donors (Lipinski definition) is 1. The normalized spacial score (nSPS) is 11.1. The molecule has 2 heteroatoms. The standard InChI is InChI=1S/C18H20N2/c1-3-20(4-2)18-8-6-14-9-15-11-17(19)7-5-13(15)10-16(14)12-18/h5-12H,3-4,19H2,1-2H3. The molecule has 0 atom stereocenters. The van der Waals surface area contributed by atoms with Crippen molar-refractivity contribution in [3.05, 3.63) is 48.5 Å². The SMILES string of the molecule is CCN(CC)c1ccc2cc3cc(N)ccc3cc2c1. The van der Waals surface area contributed by atoms with Crippen molar-refractivity contribution in [2.45, 2.75) is 13.8 Å². The Labute approximate surface area is 119 Å². The summed E-state index contributed by atoms with van der Waals surface area (Å²) in [5, 5.41) is 4.99. The Kier molecular flexibility index (Phi) is 3.23. The van der Waals surface area contributed by atoms with Gasteiger partial charge in [0.1, 0.15) is 0 Å². The van der Waals surface area contributed by atoms with Crippen LogP contribution >= 0.6 is 0 Å². The fourth-order valence-corrected chi connectivity index (χ4v) is 2.79. The lowest BCUT2D eigenvalue weighted by atomic mass is 10.0. The van der Waals surface area contributed by atoms with Gasteiger partial charge >= 0.3 is 0 Å². The minimum absolute atomic E-state index is 0.816. The maximum Gasteiger partial charge on any atom is 0.0372 e. The molecular formula is C18H20N2. The number of rotatable bonds is 3. The first-order valence-corrected chi connectivity index (χ1v) is 7.19. The molecule has 2 nitrogen and oxygen atoms in total. The summed E-state index contributed by atoms with van der Waals surface area (Å²) in [6, 6.07) is 17.2. The van der Waals surface area contributed by atoms with Crippen LogP contribution in [0.3, 0.4) is 0 Å². The summed E-state index contributed by atoms with van der Waals surface area (Å²) in [7, 11) is 0. The number of benzene rings is 3. The highest BCUT2D eigenvalue weighted by Gasteiger charge is 2.04. The molecule has 3 aromatic carbocycles. The second-order valence-corrected chi connectivity index (χ2v) is 5.16. The molecule has 0 aromatic heterocycles. The predicted molar refractivity (Wildman–Crippen MR) is 89.4 cm³/mol. The lowest BCUT2D eigenvalue weighted by Crippen LogP contribution is -2.21. The Hall–Kier alpha value is -2.22. The predicted octanol–water partition coefficient (Wildman–Crippen LogP) is 4.42. The molecule has 3 rings (SSSR count). The van der Waals surface area contributed by atoms with Crippen LogP contribution in [0.2, 0.25) is 0 Å². The Morgan fingerprint density at radius 1 is 0.750 bits per heavy atom. The van der Waals surface area contributed by atoms with Crippen molar-refractivity contribution < 1.29 is 0 Å². The smallest absolute Gasteiger partial charge is 0.0372 e. The summed E-state index contributed by atoms with van der Waals surface area (Å²) in [6.45, 7) is 6.45. The molecule has 0 unspecified atom stereocenters. The Balaban J connectivity index is 2.19. The molecule has 0 fully saturated rings. The van der Waals surface area contributed by atoms with Gasteiger partial charge < -0.3 is 10.6 Å². The molecule has 102 valence electrons. The molecule has 20 heavy (non-hydrogen) atoms. The molecule has 3 aromatic rings. The zero-order valence-corrected chi connectivity index (χ0v) is 12.1. The van der Waals surface area contributed by atoms with E-state index in [4.69, 9.17) is 5.73 Å². The van der Waals surface area contributed by atoms with Crippen molar-refractivity contribution in [3.63, 3.8) is 0 Å². The molecule has 0 aliphatic rings. The van der Waals surface area contributed by atoms with Gasteiger partial charge in [-0.25, -0.2) is 0 Å². The van der Waals surface area contributed by atoms with E-state index in [2.05, 4.69) is 55.1 Å². The van der Waals surface area contributed by atoms with Crippen LogP contribution in [-0.4, -0.2) is 13.1 Å². The summed E-state index contributed by atoms with van der Waals surface area (Å²) in [5.41, 5.74) is 7.97. The Morgan fingerprint density at radius 3 is 2.00 bits per heavy atom. The van der Waals surface area contributed by atoms with Crippen molar-refractivity contribution >= 4 is 32.9 Å². The third-order valence-electron chi connectivity index (χ3n) is 3.93. The number of nitrogens with two attached hydrogens (primary N) is 1. The monoisotopic (exact) mass is 264 g/mol. The fraction of sp³-hybridized carbons (Fsp3) is 0.222. The zero-order valence-electron chi connectivity index (χ0n) is 12.1. The highest BCUT2D eigenvalue weighted by molar-refractivity contribution is 6.00. The summed E-state index contributed by atoms with van der Waals surface area (Å²) >= 11 is 0. The van der Waals surface area contributed by atoms with E-state index in [1.165, 1.54) is 27.2 Å². The number of nitrogens with zero attached hydrogens (tertiary/aromatic N) is 1. The van der Waals surface area contributed by atoms with E-state index in [0.29, 0.717) is 0 Å². The van der Waals surface area contributed by atoms with Gasteiger partial charge in [0.15, 0.2) is 0 Å². The van der Waals surface area contributed by atoms with Crippen molar-refractivity contribution in [2.75, 3.05) is 23.7 Å². The van der Waals surface area contributed by atoms with Crippen LogP contribution in [0.15, 0.2) is 48.5 Å². The molecule has 0 radical (unpaired) electrons. The summed E-state index contributed by atoms with van der Waals surface area (Å²) in [6.07, 6.45) is 0. The van der Waals surface area contributed by atoms with Gasteiger partial charge in [0.2, 0.25) is 0 Å². The summed E-state index contributed by atoms with van der Waals surface area (Å²) in [5.74, 6) is 0. The van der Waals surface area contributed by atoms with Gasteiger partial charge in [-0.3, -0.25) is 0 Å². The van der Waals surface area contributed by atoms with Gasteiger partial charge in [-0.05, 0) is 71.8 Å². The van der Waals surface area contributed by atoms with Gasteiger partial charge in [0, 0.05) is 24.5 Å². The number of anilines is 2. The molecule has 2 N–H and O–H groups in total. The number of hydrogen-bond acceptors (Lipinski definition) is 2. The van der Waals surface area contributed by atoms with Gasteiger partial charge in [0.05, 0.1) is 0 Å². The van der Waals surface area contributed by atoms with Gasteiger partial charge in [-0.1, -0.05) is 12.1 Å². The van der Waals surface area contributed by atoms with Crippen LogP contribution in [0.25, 0.3) is 21.5 Å². The molecule has 0 saturated heterocycles. The van der Waals surface area contributed by atoms with Crippen LogP contribution in [0.1, 0.15) is 13.8 Å². The van der Waals surface area contributed by atoms with Crippen molar-refractivity contribution in [3.8, 4) is 0 Å². The molecule has 0 saturated carbocycles. The van der Waals surface area contributed by atoms with E-state index in [-0.39, 0.29) is 0 Å². The van der Waals surface area contributed by atoms with Crippen LogP contribution in [0, 0.1) is 0 Å². The lowest BCUT2D eigenvalue weighted by Gasteiger charge is -2.21. The highest BCUT2D eigenvalue weighted by atomic mass is 15.1. The Morgan fingerprint density at radius 2 is 1.35 bits per heavy atom. The largest absolute Gasteiger partial charge is 0.399 e. The zero-order chi connectivity index (χ0) is 14.1. The Bertz CT molecular complexity index is 758. The summed E-state index contributed by atoms with van der Waals surface area (Å²) < 4.78 is 0. The third-order valence-corrected chi connectivity index (χ3v) is 3.93. The first-order chi connectivity index (χ1) is 9.71. The first-order valence-electron chi connectivity index (χ1n) is 7.19. The average Bonchev–Trinajstić information content (AvgIpc) is 2.46. The second-order valence-electron chi connectivity index (χ2n) is 5.16. The minimum Gasteiger partial charge on any atom is -0.399 e. The van der Waals surface area contributed by atoms with E-state index < -0.39 is 0 Å². The summed E-state index contributed by atoms with van der Waals surface area (Å²) in [4.78, 5) is 2.37. The first kappa shape index (κ1) is 12.8. The maximum absolute atomic E-state index is 5.86. The van der Waals surface area contributed by atoms with Gasteiger partial charge in [-0.15, -0.1) is 0 Å². The van der Waals surface area contributed by atoms with E-state index in [1.54, 1.807) is 0 Å². The quantitative estimate of drug-likeness (QED) is 0.560. The van der Waals surface area contributed by atoms with Gasteiger partial charge in [0.25, 0.3) is 0 Å². The molecule has 0 spiro atoms. The van der Waals surface area contributed by atoms with E-state index in [1.807, 2.05) is 12.1 Å². The van der Waals surface area contributed by atoms with E-state index >= 15 is 0 Å². The van der Waals surface area contributed by atoms with Crippen LogP contribution in [0.5, 0.6) is 0 Å². The van der Waals surface area contributed by atoms with E-state index in [0.717, 1.165) is 18.8 Å². The van der Waals surface area contributed by atoms with Crippen molar-refractivity contribution in [1.29, 1.82) is 0 Å². The van der Waals surface area contributed by atoms with Gasteiger partial charge in [-0.2, -0.15) is 0 Å². The highest BCUT2D eigenvalue weighted by Crippen LogP contribution is 2.27. The maximum atomic E-state index is 5.86. The van der Waals surface area contributed by atoms with Crippen molar-refractivity contribution in [1.82, 2.24) is 0 Å². The average molecular weight is 264 g/mol. The molecule has 0 bridgehead atoms. The lowest BCUT2D eigenvalue weighted by molar-refractivity contribution is 0.867.